The van der Waals surface area contributed by atoms with E-state index >= 15 is 0 Å². The van der Waals surface area contributed by atoms with E-state index in [9.17, 15) is 22.4 Å². The fourth-order valence-corrected chi connectivity index (χ4v) is 3.15. The minimum absolute atomic E-state index is 0.0869. The van der Waals surface area contributed by atoms with E-state index in [2.05, 4.69) is 15.2 Å². The first-order valence-electron chi connectivity index (χ1n) is 7.10. The topological polar surface area (TPSA) is 45.2 Å². The van der Waals surface area contributed by atoms with E-state index in [1.54, 1.807) is 0 Å². The molecule has 0 spiro atoms. The van der Waals surface area contributed by atoms with Gasteiger partial charge in [-0.3, -0.25) is 4.79 Å². The van der Waals surface area contributed by atoms with Crippen LogP contribution in [-0.4, -0.2) is 41.5 Å². The fourth-order valence-electron chi connectivity index (χ4n) is 3.15. The molecule has 22 heavy (non-hydrogen) atoms. The summed E-state index contributed by atoms with van der Waals surface area (Å²) in [5.41, 5.74) is -1.88. The average Bonchev–Trinajstić information content (AvgIpc) is 2.47. The van der Waals surface area contributed by atoms with E-state index in [1.807, 2.05) is 0 Å². The second-order valence-corrected chi connectivity index (χ2v) is 5.77. The molecular weight excluding hydrogens is 302 g/mol. The number of alkyl halides is 3. The minimum atomic E-state index is -4.85. The van der Waals surface area contributed by atoms with Crippen LogP contribution in [0.25, 0.3) is 0 Å². The average molecular weight is 317 g/mol. The van der Waals surface area contributed by atoms with Gasteiger partial charge >= 0.3 is 6.18 Å². The summed E-state index contributed by atoms with van der Waals surface area (Å²) in [5.74, 6) is -1.83. The Kier molecular flexibility index (Phi) is 3.80. The van der Waals surface area contributed by atoms with Crippen molar-refractivity contribution in [1.82, 2.24) is 15.2 Å². The molecule has 0 aliphatic carbocycles. The number of nitrogens with one attached hydrogen (secondary N) is 1. The maximum atomic E-state index is 13.2. The third-order valence-corrected chi connectivity index (χ3v) is 4.37. The number of pyridine rings is 1. The number of amides is 1. The van der Waals surface area contributed by atoms with Crippen molar-refractivity contribution in [2.24, 2.45) is 5.92 Å². The van der Waals surface area contributed by atoms with Gasteiger partial charge in [-0.05, 0) is 37.9 Å². The van der Waals surface area contributed by atoms with Crippen LogP contribution in [0.5, 0.6) is 0 Å². The molecule has 3 aliphatic rings. The van der Waals surface area contributed by atoms with E-state index < -0.39 is 29.2 Å². The Morgan fingerprint density at radius 1 is 1.32 bits per heavy atom. The van der Waals surface area contributed by atoms with Crippen molar-refractivity contribution in [3.8, 4) is 0 Å². The van der Waals surface area contributed by atoms with Crippen molar-refractivity contribution in [2.75, 3.05) is 19.6 Å². The molecular formula is C14H15F4N3O. The molecule has 1 aromatic heterocycles. The van der Waals surface area contributed by atoms with Crippen LogP contribution >= 0.6 is 0 Å². The summed E-state index contributed by atoms with van der Waals surface area (Å²) in [4.78, 5) is 17.8. The van der Waals surface area contributed by atoms with Crippen LogP contribution in [0.15, 0.2) is 12.3 Å². The SMILES string of the molecule is O=C(N[C@H]1CN2CCC1CC2)c1cc(C(F)(F)F)c(F)cn1. The molecule has 3 saturated heterocycles. The number of rotatable bonds is 2. The molecule has 2 bridgehead atoms. The summed E-state index contributed by atoms with van der Waals surface area (Å²) in [6, 6.07) is 0.377. The number of halogens is 4. The molecule has 0 aromatic carbocycles. The molecule has 3 fully saturated rings. The molecule has 4 rings (SSSR count). The number of fused-ring (bicyclic) bond motifs is 3. The predicted octanol–water partition coefficient (Wildman–Crippen LogP) is 2.06. The summed E-state index contributed by atoms with van der Waals surface area (Å²) in [6.07, 6.45) is -2.48. The molecule has 8 heteroatoms. The number of aromatic nitrogens is 1. The van der Waals surface area contributed by atoms with Gasteiger partial charge in [-0.15, -0.1) is 0 Å². The first kappa shape index (κ1) is 15.2. The largest absolute Gasteiger partial charge is 0.419 e. The molecule has 1 aromatic rings. The summed E-state index contributed by atoms with van der Waals surface area (Å²) in [6.45, 7) is 2.68. The quantitative estimate of drug-likeness (QED) is 0.849. The van der Waals surface area contributed by atoms with Crippen molar-refractivity contribution in [3.05, 3.63) is 29.3 Å². The van der Waals surface area contributed by atoms with Gasteiger partial charge in [0.05, 0.1) is 11.8 Å². The van der Waals surface area contributed by atoms with Gasteiger partial charge in [0, 0.05) is 12.6 Å². The highest BCUT2D eigenvalue weighted by molar-refractivity contribution is 5.92. The van der Waals surface area contributed by atoms with Gasteiger partial charge in [-0.2, -0.15) is 13.2 Å². The monoisotopic (exact) mass is 317 g/mol. The van der Waals surface area contributed by atoms with Gasteiger partial charge in [-0.1, -0.05) is 0 Å². The van der Waals surface area contributed by atoms with E-state index in [0.29, 0.717) is 24.7 Å². The van der Waals surface area contributed by atoms with Crippen LogP contribution in [0.4, 0.5) is 17.6 Å². The van der Waals surface area contributed by atoms with Crippen molar-refractivity contribution >= 4 is 5.91 Å². The number of carbonyl (C=O) groups is 1. The molecule has 120 valence electrons. The normalized spacial score (nSPS) is 27.7. The zero-order chi connectivity index (χ0) is 15.9. The Morgan fingerprint density at radius 2 is 2.00 bits per heavy atom. The molecule has 0 saturated carbocycles. The third-order valence-electron chi connectivity index (χ3n) is 4.37. The molecule has 1 amide bonds. The summed E-state index contributed by atoms with van der Waals surface area (Å²) in [7, 11) is 0. The van der Waals surface area contributed by atoms with Crippen LogP contribution in [0.2, 0.25) is 0 Å². The number of hydrogen-bond acceptors (Lipinski definition) is 3. The van der Waals surface area contributed by atoms with Gasteiger partial charge < -0.3 is 10.2 Å². The van der Waals surface area contributed by atoms with Crippen LogP contribution in [0, 0.1) is 11.7 Å². The van der Waals surface area contributed by atoms with Gasteiger partial charge in [0.1, 0.15) is 5.69 Å². The standard InChI is InChI=1S/C14H15F4N3O/c15-10-6-19-11(5-9(10)14(16,17)18)13(22)20-12-7-21-3-1-8(12)2-4-21/h5-6,8,12H,1-4,7H2,(H,20,22)/t12-/m0/s1. The Morgan fingerprint density at radius 3 is 2.55 bits per heavy atom. The Bertz CT molecular complexity index is 582. The smallest absolute Gasteiger partial charge is 0.346 e. The van der Waals surface area contributed by atoms with E-state index in [-0.39, 0.29) is 6.04 Å². The molecule has 3 aliphatic heterocycles. The Hall–Kier alpha value is -1.70. The maximum absolute atomic E-state index is 13.2. The first-order chi connectivity index (χ1) is 10.3. The minimum Gasteiger partial charge on any atom is -0.346 e. The molecule has 4 nitrogen and oxygen atoms in total. The van der Waals surface area contributed by atoms with Gasteiger partial charge in [0.2, 0.25) is 0 Å². The summed E-state index contributed by atoms with van der Waals surface area (Å²) >= 11 is 0. The number of piperidine rings is 3. The lowest BCUT2D eigenvalue weighted by molar-refractivity contribution is -0.140. The summed E-state index contributed by atoms with van der Waals surface area (Å²) in [5, 5.41) is 2.73. The van der Waals surface area contributed by atoms with Crippen LogP contribution in [0.3, 0.4) is 0 Å². The highest BCUT2D eigenvalue weighted by atomic mass is 19.4. The lowest BCUT2D eigenvalue weighted by Crippen LogP contribution is -2.57. The van der Waals surface area contributed by atoms with Crippen molar-refractivity contribution in [1.29, 1.82) is 0 Å². The highest BCUT2D eigenvalue weighted by Gasteiger charge is 2.37. The zero-order valence-corrected chi connectivity index (χ0v) is 11.7. The maximum Gasteiger partial charge on any atom is 0.419 e. The van der Waals surface area contributed by atoms with Gasteiger partial charge in [-0.25, -0.2) is 9.37 Å². The third kappa shape index (κ3) is 2.92. The van der Waals surface area contributed by atoms with E-state index in [4.69, 9.17) is 0 Å². The summed E-state index contributed by atoms with van der Waals surface area (Å²) < 4.78 is 51.2. The first-order valence-corrected chi connectivity index (χ1v) is 7.10. The second kappa shape index (κ2) is 5.49. The molecule has 0 unspecified atom stereocenters. The Balaban J connectivity index is 1.75. The molecule has 1 atom stereocenters. The molecule has 4 heterocycles. The van der Waals surface area contributed by atoms with Crippen LogP contribution in [-0.2, 0) is 6.18 Å². The highest BCUT2D eigenvalue weighted by Crippen LogP contribution is 2.31. The van der Waals surface area contributed by atoms with Crippen LogP contribution < -0.4 is 5.32 Å². The van der Waals surface area contributed by atoms with Gasteiger partial charge in [0.25, 0.3) is 5.91 Å². The van der Waals surface area contributed by atoms with Crippen molar-refractivity contribution in [2.45, 2.75) is 25.1 Å². The molecule has 0 radical (unpaired) electrons. The second-order valence-electron chi connectivity index (χ2n) is 5.77. The predicted molar refractivity (Wildman–Crippen MR) is 69.6 cm³/mol. The van der Waals surface area contributed by atoms with Crippen molar-refractivity contribution < 1.29 is 22.4 Å². The zero-order valence-electron chi connectivity index (χ0n) is 11.7. The lowest BCUT2D eigenvalue weighted by atomic mass is 9.84. The fraction of sp³-hybridized carbons (Fsp3) is 0.571. The van der Waals surface area contributed by atoms with Crippen LogP contribution in [0.1, 0.15) is 28.9 Å². The lowest BCUT2D eigenvalue weighted by Gasteiger charge is -2.44. The van der Waals surface area contributed by atoms with E-state index in [1.165, 1.54) is 0 Å². The molecule has 1 N–H and O–H groups in total. The number of hydrogen-bond donors (Lipinski definition) is 1. The van der Waals surface area contributed by atoms with Crippen molar-refractivity contribution in [3.63, 3.8) is 0 Å². The van der Waals surface area contributed by atoms with Gasteiger partial charge in [0.15, 0.2) is 5.82 Å². The Labute approximate surface area is 124 Å². The van der Waals surface area contributed by atoms with E-state index in [0.717, 1.165) is 25.9 Å². The number of nitrogens with zero attached hydrogens (tertiary/aromatic N) is 2. The number of carbonyl (C=O) groups excluding carboxylic acids is 1.